The summed E-state index contributed by atoms with van der Waals surface area (Å²) in [5.41, 5.74) is 1.25. The second kappa shape index (κ2) is 7.20. The Labute approximate surface area is 124 Å². The van der Waals surface area contributed by atoms with Crippen molar-refractivity contribution in [1.29, 1.82) is 0 Å². The Hall–Kier alpha value is -0.670. The van der Waals surface area contributed by atoms with Gasteiger partial charge in [0.2, 0.25) is 0 Å². The van der Waals surface area contributed by atoms with Crippen LogP contribution in [-0.4, -0.2) is 24.3 Å². The minimum absolute atomic E-state index is 0.320. The minimum atomic E-state index is 0.320. The number of hydrogen-bond acceptors (Lipinski definition) is 2. The Balaban J connectivity index is 1.81. The lowest BCUT2D eigenvalue weighted by atomic mass is 9.86. The second-order valence-electron chi connectivity index (χ2n) is 5.60. The maximum absolute atomic E-state index is 12.2. The monoisotopic (exact) mass is 323 g/mol. The lowest BCUT2D eigenvalue weighted by Crippen LogP contribution is -2.31. The number of carbonyl (C=O) groups excluding carboxylic acids is 1. The van der Waals surface area contributed by atoms with Crippen molar-refractivity contribution < 1.29 is 4.79 Å². The van der Waals surface area contributed by atoms with Gasteiger partial charge in [-0.15, -0.1) is 0 Å². The quantitative estimate of drug-likeness (QED) is 0.815. The van der Waals surface area contributed by atoms with Crippen molar-refractivity contribution in [2.45, 2.75) is 38.6 Å². The number of likely N-dealkylation sites (N-methyl/N-ethyl adjacent to an activating group) is 1. The molecular formula is C16H22BrNO. The van der Waals surface area contributed by atoms with Gasteiger partial charge in [-0.3, -0.25) is 9.69 Å². The molecule has 1 fully saturated rings. The summed E-state index contributed by atoms with van der Waals surface area (Å²) in [6.07, 6.45) is 5.97. The SMILES string of the molecule is CN(CC(=O)C1CCCCC1)Cc1ccc(Br)cc1. The third kappa shape index (κ3) is 4.73. The van der Waals surface area contributed by atoms with Crippen molar-refractivity contribution >= 4 is 21.7 Å². The summed E-state index contributed by atoms with van der Waals surface area (Å²) < 4.78 is 1.09. The Kier molecular flexibility index (Phi) is 5.59. The third-order valence-electron chi connectivity index (χ3n) is 3.85. The van der Waals surface area contributed by atoms with Gasteiger partial charge in [0.25, 0.3) is 0 Å². The molecule has 0 heterocycles. The molecule has 1 aliphatic carbocycles. The molecule has 0 aromatic heterocycles. The zero-order chi connectivity index (χ0) is 13.7. The van der Waals surface area contributed by atoms with Crippen LogP contribution in [0.15, 0.2) is 28.7 Å². The molecule has 104 valence electrons. The first-order valence-corrected chi connectivity index (χ1v) is 7.90. The lowest BCUT2D eigenvalue weighted by molar-refractivity contribution is -0.124. The average Bonchev–Trinajstić information content (AvgIpc) is 2.42. The summed E-state index contributed by atoms with van der Waals surface area (Å²) in [4.78, 5) is 14.3. The maximum Gasteiger partial charge on any atom is 0.149 e. The first-order valence-electron chi connectivity index (χ1n) is 7.11. The van der Waals surface area contributed by atoms with Crippen molar-refractivity contribution in [3.63, 3.8) is 0 Å². The van der Waals surface area contributed by atoms with Crippen LogP contribution in [0.2, 0.25) is 0 Å². The van der Waals surface area contributed by atoms with E-state index in [2.05, 4.69) is 33.0 Å². The normalized spacial score (nSPS) is 16.8. The number of hydrogen-bond donors (Lipinski definition) is 0. The number of ketones is 1. The molecule has 0 atom stereocenters. The van der Waals surface area contributed by atoms with Gasteiger partial charge in [-0.1, -0.05) is 47.3 Å². The van der Waals surface area contributed by atoms with Gasteiger partial charge >= 0.3 is 0 Å². The molecular weight excluding hydrogens is 302 g/mol. The van der Waals surface area contributed by atoms with Crippen molar-refractivity contribution in [3.8, 4) is 0 Å². The highest BCUT2D eigenvalue weighted by Gasteiger charge is 2.21. The molecule has 2 rings (SSSR count). The lowest BCUT2D eigenvalue weighted by Gasteiger charge is -2.23. The molecule has 19 heavy (non-hydrogen) atoms. The van der Waals surface area contributed by atoms with Crippen LogP contribution in [0.5, 0.6) is 0 Å². The number of halogens is 1. The molecule has 0 amide bonds. The Morgan fingerprint density at radius 1 is 1.21 bits per heavy atom. The predicted molar refractivity (Wildman–Crippen MR) is 82.1 cm³/mol. The molecule has 0 saturated heterocycles. The number of rotatable bonds is 5. The molecule has 3 heteroatoms. The highest BCUT2D eigenvalue weighted by molar-refractivity contribution is 9.10. The van der Waals surface area contributed by atoms with Crippen LogP contribution in [0.1, 0.15) is 37.7 Å². The molecule has 1 aromatic rings. The van der Waals surface area contributed by atoms with Gasteiger partial charge in [-0.25, -0.2) is 0 Å². The van der Waals surface area contributed by atoms with Crippen molar-refractivity contribution in [2.75, 3.05) is 13.6 Å². The summed E-state index contributed by atoms with van der Waals surface area (Å²) in [5, 5.41) is 0. The number of benzene rings is 1. The van der Waals surface area contributed by atoms with Crippen LogP contribution in [0.4, 0.5) is 0 Å². The Morgan fingerprint density at radius 2 is 1.84 bits per heavy atom. The van der Waals surface area contributed by atoms with Gasteiger partial charge in [0.05, 0.1) is 6.54 Å². The second-order valence-corrected chi connectivity index (χ2v) is 6.52. The molecule has 0 bridgehead atoms. The summed E-state index contributed by atoms with van der Waals surface area (Å²) in [6.45, 7) is 1.42. The van der Waals surface area contributed by atoms with Crippen LogP contribution in [0.25, 0.3) is 0 Å². The molecule has 2 nitrogen and oxygen atoms in total. The van der Waals surface area contributed by atoms with Crippen molar-refractivity contribution in [1.82, 2.24) is 4.90 Å². The Morgan fingerprint density at radius 3 is 2.47 bits per heavy atom. The van der Waals surface area contributed by atoms with Gasteiger partial charge in [0.15, 0.2) is 0 Å². The van der Waals surface area contributed by atoms with E-state index in [4.69, 9.17) is 0 Å². The van der Waals surface area contributed by atoms with E-state index in [1.54, 1.807) is 0 Å². The highest BCUT2D eigenvalue weighted by Crippen LogP contribution is 2.24. The van der Waals surface area contributed by atoms with Gasteiger partial charge in [-0.2, -0.15) is 0 Å². The van der Waals surface area contributed by atoms with Crippen LogP contribution >= 0.6 is 15.9 Å². The molecule has 1 aromatic carbocycles. The molecule has 1 saturated carbocycles. The summed E-state index contributed by atoms with van der Waals surface area (Å²) in [6, 6.07) is 8.30. The van der Waals surface area contributed by atoms with Gasteiger partial charge in [0.1, 0.15) is 5.78 Å². The summed E-state index contributed by atoms with van der Waals surface area (Å²) in [5.74, 6) is 0.750. The van der Waals surface area contributed by atoms with Crippen LogP contribution in [-0.2, 0) is 11.3 Å². The minimum Gasteiger partial charge on any atom is -0.298 e. The molecule has 0 radical (unpaired) electrons. The van der Waals surface area contributed by atoms with E-state index < -0.39 is 0 Å². The van der Waals surface area contributed by atoms with Gasteiger partial charge in [-0.05, 0) is 37.6 Å². The van der Waals surface area contributed by atoms with E-state index in [1.165, 1.54) is 24.8 Å². The Bertz CT molecular complexity index is 409. The van der Waals surface area contributed by atoms with E-state index >= 15 is 0 Å². The number of Topliss-reactive ketones (excluding diaryl/α,β-unsaturated/α-hetero) is 1. The fraction of sp³-hybridized carbons (Fsp3) is 0.562. The molecule has 0 spiro atoms. The van der Waals surface area contributed by atoms with Gasteiger partial charge in [0, 0.05) is 16.9 Å². The zero-order valence-electron chi connectivity index (χ0n) is 11.6. The molecule has 0 aliphatic heterocycles. The van der Waals surface area contributed by atoms with Crippen LogP contribution in [0.3, 0.4) is 0 Å². The van der Waals surface area contributed by atoms with E-state index in [0.717, 1.165) is 23.9 Å². The summed E-state index contributed by atoms with van der Waals surface area (Å²) in [7, 11) is 2.03. The van der Waals surface area contributed by atoms with E-state index in [1.807, 2.05) is 19.2 Å². The molecule has 1 aliphatic rings. The van der Waals surface area contributed by atoms with E-state index in [0.29, 0.717) is 18.2 Å². The van der Waals surface area contributed by atoms with E-state index in [9.17, 15) is 4.79 Å². The number of carbonyl (C=O) groups is 1. The zero-order valence-corrected chi connectivity index (χ0v) is 13.2. The summed E-state index contributed by atoms with van der Waals surface area (Å²) >= 11 is 3.44. The van der Waals surface area contributed by atoms with Crippen molar-refractivity contribution in [2.24, 2.45) is 5.92 Å². The molecule has 0 unspecified atom stereocenters. The van der Waals surface area contributed by atoms with Gasteiger partial charge < -0.3 is 0 Å². The smallest absolute Gasteiger partial charge is 0.149 e. The first kappa shape index (κ1) is 14.7. The topological polar surface area (TPSA) is 20.3 Å². The number of nitrogens with zero attached hydrogens (tertiary/aromatic N) is 1. The van der Waals surface area contributed by atoms with E-state index in [-0.39, 0.29) is 0 Å². The fourth-order valence-corrected chi connectivity index (χ4v) is 3.04. The maximum atomic E-state index is 12.2. The first-order chi connectivity index (χ1) is 9.15. The predicted octanol–water partition coefficient (Wildman–Crippen LogP) is 4.03. The fourth-order valence-electron chi connectivity index (χ4n) is 2.78. The third-order valence-corrected chi connectivity index (χ3v) is 4.38. The van der Waals surface area contributed by atoms with Crippen LogP contribution < -0.4 is 0 Å². The van der Waals surface area contributed by atoms with Crippen LogP contribution in [0, 0.1) is 5.92 Å². The highest BCUT2D eigenvalue weighted by atomic mass is 79.9. The average molecular weight is 324 g/mol. The van der Waals surface area contributed by atoms with Crippen molar-refractivity contribution in [3.05, 3.63) is 34.3 Å². The molecule has 0 N–H and O–H groups in total. The standard InChI is InChI=1S/C16H22BrNO/c1-18(11-13-7-9-15(17)10-8-13)12-16(19)14-5-3-2-4-6-14/h7-10,14H,2-6,11-12H2,1H3. The largest absolute Gasteiger partial charge is 0.298 e.